The monoisotopic (exact) mass is 277 g/mol. The molecule has 0 bridgehead atoms. The summed E-state index contributed by atoms with van der Waals surface area (Å²) >= 11 is 0. The molecule has 0 fully saturated rings. The molecule has 106 valence electrons. The predicted octanol–water partition coefficient (Wildman–Crippen LogP) is 4.37. The summed E-state index contributed by atoms with van der Waals surface area (Å²) in [5, 5.41) is 4.34. The maximum Gasteiger partial charge on any atom is 0.223 e. The van der Waals surface area contributed by atoms with Gasteiger partial charge in [-0.1, -0.05) is 56.3 Å². The van der Waals surface area contributed by atoms with E-state index in [0.717, 1.165) is 17.4 Å². The molecule has 3 nitrogen and oxygen atoms in total. The van der Waals surface area contributed by atoms with E-state index in [2.05, 4.69) is 53.4 Å². The highest BCUT2D eigenvalue weighted by Gasteiger charge is 2.01. The van der Waals surface area contributed by atoms with E-state index in [4.69, 9.17) is 0 Å². The van der Waals surface area contributed by atoms with E-state index in [0.29, 0.717) is 11.9 Å². The number of fused-ring (bicyclic) bond motifs is 1. The van der Waals surface area contributed by atoms with Gasteiger partial charge in [-0.3, -0.25) is 0 Å². The largest absolute Gasteiger partial charge is 0.350 e. The van der Waals surface area contributed by atoms with E-state index in [1.165, 1.54) is 11.1 Å². The normalized spacial score (nSPS) is 11.0. The van der Waals surface area contributed by atoms with Gasteiger partial charge >= 0.3 is 0 Å². The fraction of sp³-hybridized carbons (Fsp3) is 0.222. The van der Waals surface area contributed by atoms with Gasteiger partial charge in [-0.2, -0.15) is 0 Å². The van der Waals surface area contributed by atoms with Crippen molar-refractivity contribution in [3.63, 3.8) is 0 Å². The molecule has 2 aromatic carbocycles. The third-order valence-electron chi connectivity index (χ3n) is 3.59. The van der Waals surface area contributed by atoms with Crippen LogP contribution in [0.4, 0.5) is 5.95 Å². The summed E-state index contributed by atoms with van der Waals surface area (Å²) in [5.41, 5.74) is 3.56. The second-order valence-corrected chi connectivity index (χ2v) is 5.50. The summed E-state index contributed by atoms with van der Waals surface area (Å²) in [5.74, 6) is 1.23. The van der Waals surface area contributed by atoms with E-state index < -0.39 is 0 Å². The Morgan fingerprint density at radius 1 is 1.00 bits per heavy atom. The average molecular weight is 277 g/mol. The summed E-state index contributed by atoms with van der Waals surface area (Å²) in [6, 6.07) is 16.7. The molecule has 0 radical (unpaired) electrons. The molecule has 3 aromatic rings. The van der Waals surface area contributed by atoms with E-state index in [1.807, 2.05) is 30.5 Å². The first-order chi connectivity index (χ1) is 10.2. The zero-order chi connectivity index (χ0) is 14.7. The Morgan fingerprint density at radius 2 is 1.76 bits per heavy atom. The lowest BCUT2D eigenvalue weighted by Crippen LogP contribution is -2.03. The molecular formula is C18H19N3. The molecule has 0 atom stereocenters. The highest BCUT2D eigenvalue weighted by molar-refractivity contribution is 5.78. The maximum absolute atomic E-state index is 4.51. The molecule has 1 aromatic heterocycles. The lowest BCUT2D eigenvalue weighted by molar-refractivity contribution is 0.865. The van der Waals surface area contributed by atoms with Crippen LogP contribution in [0.3, 0.4) is 0 Å². The van der Waals surface area contributed by atoms with Gasteiger partial charge in [0.25, 0.3) is 0 Å². The Balaban J connectivity index is 1.71. The standard InChI is InChI=1S/C18H19N3/c1-13(2)15-9-7-14(8-10-15)11-19-18-20-12-16-5-3-4-6-17(16)21-18/h3-10,12-13H,11H2,1-2H3,(H,19,20,21). The predicted molar refractivity (Wildman–Crippen MR) is 87.4 cm³/mol. The second kappa shape index (κ2) is 5.92. The van der Waals surface area contributed by atoms with Crippen LogP contribution in [0.5, 0.6) is 0 Å². The highest BCUT2D eigenvalue weighted by atomic mass is 15.1. The van der Waals surface area contributed by atoms with Crippen LogP contribution in [0.15, 0.2) is 54.7 Å². The van der Waals surface area contributed by atoms with E-state index in [1.54, 1.807) is 0 Å². The second-order valence-electron chi connectivity index (χ2n) is 5.50. The molecule has 0 saturated heterocycles. The first-order valence-corrected chi connectivity index (χ1v) is 7.27. The van der Waals surface area contributed by atoms with E-state index in [-0.39, 0.29) is 0 Å². The summed E-state index contributed by atoms with van der Waals surface area (Å²) in [6.07, 6.45) is 1.85. The zero-order valence-corrected chi connectivity index (χ0v) is 12.4. The third-order valence-corrected chi connectivity index (χ3v) is 3.59. The summed E-state index contributed by atoms with van der Waals surface area (Å²) < 4.78 is 0. The van der Waals surface area contributed by atoms with Crippen LogP contribution >= 0.6 is 0 Å². The molecule has 0 unspecified atom stereocenters. The van der Waals surface area contributed by atoms with Gasteiger partial charge in [-0.05, 0) is 23.1 Å². The summed E-state index contributed by atoms with van der Waals surface area (Å²) in [4.78, 5) is 8.86. The Hall–Kier alpha value is -2.42. The van der Waals surface area contributed by atoms with Crippen LogP contribution in [-0.4, -0.2) is 9.97 Å². The van der Waals surface area contributed by atoms with Gasteiger partial charge in [0.05, 0.1) is 5.52 Å². The van der Waals surface area contributed by atoms with Crippen LogP contribution in [0, 0.1) is 0 Å². The maximum atomic E-state index is 4.51. The number of benzene rings is 2. The molecule has 0 spiro atoms. The van der Waals surface area contributed by atoms with Gasteiger partial charge in [-0.25, -0.2) is 9.97 Å². The minimum Gasteiger partial charge on any atom is -0.350 e. The molecule has 0 amide bonds. The van der Waals surface area contributed by atoms with E-state index in [9.17, 15) is 0 Å². The number of para-hydroxylation sites is 1. The Morgan fingerprint density at radius 3 is 2.52 bits per heavy atom. The first kappa shape index (κ1) is 13.6. The highest BCUT2D eigenvalue weighted by Crippen LogP contribution is 2.16. The number of rotatable bonds is 4. The third kappa shape index (κ3) is 3.19. The molecule has 0 aliphatic rings. The molecule has 0 aliphatic carbocycles. The van der Waals surface area contributed by atoms with E-state index >= 15 is 0 Å². The average Bonchev–Trinajstić information content (AvgIpc) is 2.53. The minimum absolute atomic E-state index is 0.566. The zero-order valence-electron chi connectivity index (χ0n) is 12.4. The molecule has 1 N–H and O–H groups in total. The molecule has 3 heteroatoms. The number of nitrogens with one attached hydrogen (secondary N) is 1. The minimum atomic E-state index is 0.566. The molecule has 3 rings (SSSR count). The quantitative estimate of drug-likeness (QED) is 0.769. The van der Waals surface area contributed by atoms with Gasteiger partial charge < -0.3 is 5.32 Å². The topological polar surface area (TPSA) is 37.8 Å². The van der Waals surface area contributed by atoms with Gasteiger partial charge in [-0.15, -0.1) is 0 Å². The van der Waals surface area contributed by atoms with Crippen LogP contribution in [-0.2, 0) is 6.54 Å². The van der Waals surface area contributed by atoms with Crippen LogP contribution in [0.2, 0.25) is 0 Å². The number of anilines is 1. The van der Waals surface area contributed by atoms with Crippen LogP contribution in [0.25, 0.3) is 10.9 Å². The van der Waals surface area contributed by atoms with Crippen molar-refractivity contribution in [3.8, 4) is 0 Å². The number of hydrogen-bond donors (Lipinski definition) is 1. The smallest absolute Gasteiger partial charge is 0.223 e. The van der Waals surface area contributed by atoms with Crippen molar-refractivity contribution in [1.82, 2.24) is 9.97 Å². The Labute approximate surface area is 125 Å². The van der Waals surface area contributed by atoms with Crippen molar-refractivity contribution in [1.29, 1.82) is 0 Å². The van der Waals surface area contributed by atoms with Gasteiger partial charge in [0.2, 0.25) is 5.95 Å². The first-order valence-electron chi connectivity index (χ1n) is 7.27. The molecular weight excluding hydrogens is 258 g/mol. The van der Waals surface area contributed by atoms with Crippen molar-refractivity contribution in [3.05, 3.63) is 65.9 Å². The van der Waals surface area contributed by atoms with Gasteiger partial charge in [0.1, 0.15) is 0 Å². The fourth-order valence-electron chi connectivity index (χ4n) is 2.26. The van der Waals surface area contributed by atoms with Crippen molar-refractivity contribution in [2.75, 3.05) is 5.32 Å². The summed E-state index contributed by atoms with van der Waals surface area (Å²) in [6.45, 7) is 5.14. The Bertz CT molecular complexity index is 733. The van der Waals surface area contributed by atoms with Crippen molar-refractivity contribution in [2.45, 2.75) is 26.3 Å². The molecule has 1 heterocycles. The number of nitrogens with zero attached hydrogens (tertiary/aromatic N) is 2. The summed E-state index contributed by atoms with van der Waals surface area (Å²) in [7, 11) is 0. The van der Waals surface area contributed by atoms with Crippen LogP contribution < -0.4 is 5.32 Å². The fourth-order valence-corrected chi connectivity index (χ4v) is 2.26. The Kier molecular flexibility index (Phi) is 3.82. The van der Waals surface area contributed by atoms with Gasteiger partial charge in [0, 0.05) is 18.1 Å². The van der Waals surface area contributed by atoms with Crippen molar-refractivity contribution in [2.24, 2.45) is 0 Å². The van der Waals surface area contributed by atoms with Gasteiger partial charge in [0.15, 0.2) is 0 Å². The van der Waals surface area contributed by atoms with Crippen molar-refractivity contribution >= 4 is 16.9 Å². The number of hydrogen-bond acceptors (Lipinski definition) is 3. The molecule has 0 aliphatic heterocycles. The molecule has 0 saturated carbocycles. The SMILES string of the molecule is CC(C)c1ccc(CNc2ncc3ccccc3n2)cc1. The van der Waals surface area contributed by atoms with Crippen molar-refractivity contribution < 1.29 is 0 Å². The van der Waals surface area contributed by atoms with Crippen LogP contribution in [0.1, 0.15) is 30.9 Å². The lowest BCUT2D eigenvalue weighted by atomic mass is 10.0. The lowest BCUT2D eigenvalue weighted by Gasteiger charge is -2.08. The molecule has 21 heavy (non-hydrogen) atoms. The number of aromatic nitrogens is 2.